The summed E-state index contributed by atoms with van der Waals surface area (Å²) in [5.41, 5.74) is 3.68. The minimum atomic E-state index is -3.50. The Kier molecular flexibility index (Phi) is 4.34. The van der Waals surface area contributed by atoms with E-state index in [1.54, 1.807) is 30.4 Å². The topological polar surface area (TPSA) is 71.1 Å². The van der Waals surface area contributed by atoms with Crippen LogP contribution in [-0.2, 0) is 10.2 Å². The molecule has 7 heteroatoms. The molecule has 1 aromatic heterocycles. The summed E-state index contributed by atoms with van der Waals surface area (Å²) in [4.78, 5) is 4.63. The third kappa shape index (κ3) is 3.69. The van der Waals surface area contributed by atoms with Gasteiger partial charge in [0.1, 0.15) is 5.01 Å². The smallest absolute Gasteiger partial charge is 0.271 e. The fourth-order valence-electron chi connectivity index (χ4n) is 2.22. The molecular formula is C16H17N3O2S2. The number of nitrogens with zero attached hydrogens (tertiary/aromatic N) is 1. The molecule has 0 saturated heterocycles. The van der Waals surface area contributed by atoms with Crippen LogP contribution in [0.15, 0.2) is 42.5 Å². The first-order chi connectivity index (χ1) is 11.0. The lowest BCUT2D eigenvalue weighted by molar-refractivity contribution is 0.589. The van der Waals surface area contributed by atoms with Gasteiger partial charge in [0.05, 0.1) is 10.2 Å². The van der Waals surface area contributed by atoms with Crippen LogP contribution in [0, 0.1) is 6.92 Å². The highest BCUT2D eigenvalue weighted by Crippen LogP contribution is 2.31. The average Bonchev–Trinajstić information content (AvgIpc) is 2.90. The zero-order valence-corrected chi connectivity index (χ0v) is 14.5. The molecule has 0 atom stereocenters. The summed E-state index contributed by atoms with van der Waals surface area (Å²) < 4.78 is 29.4. The van der Waals surface area contributed by atoms with Gasteiger partial charge >= 0.3 is 0 Å². The fraction of sp³-hybridized carbons (Fsp3) is 0.188. The van der Waals surface area contributed by atoms with Crippen LogP contribution in [0.3, 0.4) is 0 Å². The van der Waals surface area contributed by atoms with Crippen molar-refractivity contribution < 1.29 is 8.42 Å². The van der Waals surface area contributed by atoms with E-state index in [0.717, 1.165) is 20.8 Å². The number of aromatic nitrogens is 1. The van der Waals surface area contributed by atoms with Crippen molar-refractivity contribution in [2.75, 3.05) is 11.3 Å². The molecule has 5 nitrogen and oxygen atoms in total. The van der Waals surface area contributed by atoms with Gasteiger partial charge in [-0.2, -0.15) is 13.1 Å². The van der Waals surface area contributed by atoms with Gasteiger partial charge in [-0.3, -0.25) is 4.72 Å². The van der Waals surface area contributed by atoms with Crippen molar-refractivity contribution >= 4 is 37.5 Å². The number of nitrogens with one attached hydrogen (secondary N) is 2. The van der Waals surface area contributed by atoms with Crippen molar-refractivity contribution in [1.29, 1.82) is 0 Å². The maximum atomic E-state index is 11.7. The van der Waals surface area contributed by atoms with Crippen LogP contribution in [0.25, 0.3) is 20.8 Å². The van der Waals surface area contributed by atoms with E-state index in [4.69, 9.17) is 0 Å². The van der Waals surface area contributed by atoms with Gasteiger partial charge in [-0.1, -0.05) is 13.0 Å². The van der Waals surface area contributed by atoms with Crippen LogP contribution in [-0.4, -0.2) is 19.9 Å². The Bertz CT molecular complexity index is 932. The van der Waals surface area contributed by atoms with E-state index in [0.29, 0.717) is 12.2 Å². The average molecular weight is 347 g/mol. The molecule has 1 heterocycles. The van der Waals surface area contributed by atoms with Crippen molar-refractivity contribution in [3.05, 3.63) is 48.0 Å². The Morgan fingerprint density at radius 2 is 1.87 bits per heavy atom. The Balaban J connectivity index is 1.86. The van der Waals surface area contributed by atoms with Crippen molar-refractivity contribution in [2.24, 2.45) is 0 Å². The molecule has 0 aliphatic carbocycles. The molecule has 120 valence electrons. The van der Waals surface area contributed by atoms with Gasteiger partial charge in [-0.05, 0) is 48.9 Å². The summed E-state index contributed by atoms with van der Waals surface area (Å²) >= 11 is 1.63. The number of benzene rings is 2. The lowest BCUT2D eigenvalue weighted by atomic mass is 10.2. The van der Waals surface area contributed by atoms with E-state index in [-0.39, 0.29) is 0 Å². The molecular weight excluding hydrogens is 330 g/mol. The number of anilines is 1. The van der Waals surface area contributed by atoms with Crippen molar-refractivity contribution in [1.82, 2.24) is 9.71 Å². The number of hydrogen-bond donors (Lipinski definition) is 2. The van der Waals surface area contributed by atoms with Crippen LogP contribution in [0.2, 0.25) is 0 Å². The maximum absolute atomic E-state index is 11.7. The van der Waals surface area contributed by atoms with Crippen LogP contribution in [0.4, 0.5) is 5.69 Å². The molecule has 0 aliphatic rings. The van der Waals surface area contributed by atoms with Crippen LogP contribution >= 0.6 is 11.3 Å². The lowest BCUT2D eigenvalue weighted by Gasteiger charge is -2.08. The molecule has 0 saturated carbocycles. The molecule has 3 rings (SSSR count). The van der Waals surface area contributed by atoms with E-state index < -0.39 is 10.2 Å². The number of rotatable bonds is 5. The summed E-state index contributed by atoms with van der Waals surface area (Å²) in [6.45, 7) is 4.14. The summed E-state index contributed by atoms with van der Waals surface area (Å²) in [7, 11) is -3.50. The Labute approximate surface area is 139 Å². The summed E-state index contributed by atoms with van der Waals surface area (Å²) in [6, 6.07) is 13.4. The molecule has 0 amide bonds. The summed E-state index contributed by atoms with van der Waals surface area (Å²) in [5.74, 6) is 0. The molecule has 2 aromatic carbocycles. The molecule has 0 bridgehead atoms. The first-order valence-corrected chi connectivity index (χ1v) is 9.52. The van der Waals surface area contributed by atoms with Gasteiger partial charge in [0.2, 0.25) is 0 Å². The zero-order valence-electron chi connectivity index (χ0n) is 12.8. The monoisotopic (exact) mass is 347 g/mol. The SMILES string of the molecule is CCNS(=O)(=O)Nc1ccc(-c2nc3ccc(C)cc3s2)cc1. The van der Waals surface area contributed by atoms with E-state index in [2.05, 4.69) is 27.4 Å². The Morgan fingerprint density at radius 1 is 1.13 bits per heavy atom. The third-order valence-electron chi connectivity index (χ3n) is 3.26. The zero-order chi connectivity index (χ0) is 16.4. The molecule has 3 aromatic rings. The second kappa shape index (κ2) is 6.27. The highest BCUT2D eigenvalue weighted by Gasteiger charge is 2.09. The van der Waals surface area contributed by atoms with Gasteiger partial charge in [0.25, 0.3) is 10.2 Å². The minimum Gasteiger partial charge on any atom is -0.271 e. The normalized spacial score (nSPS) is 11.7. The molecule has 0 unspecified atom stereocenters. The molecule has 23 heavy (non-hydrogen) atoms. The molecule has 0 aliphatic heterocycles. The van der Waals surface area contributed by atoms with Gasteiger partial charge in [0.15, 0.2) is 0 Å². The van der Waals surface area contributed by atoms with Gasteiger partial charge in [-0.15, -0.1) is 11.3 Å². The predicted octanol–water partition coefficient (Wildman–Crippen LogP) is 3.54. The fourth-order valence-corrected chi connectivity index (χ4v) is 4.19. The highest BCUT2D eigenvalue weighted by atomic mass is 32.2. The van der Waals surface area contributed by atoms with E-state index >= 15 is 0 Å². The molecule has 0 fully saturated rings. The standard InChI is InChI=1S/C16H17N3O2S2/c1-3-17-23(20,21)19-13-7-5-12(6-8-13)16-18-14-9-4-11(2)10-15(14)22-16/h4-10,17,19H,3H2,1-2H3. The summed E-state index contributed by atoms with van der Waals surface area (Å²) in [6.07, 6.45) is 0. The Hall–Kier alpha value is -1.96. The summed E-state index contributed by atoms with van der Waals surface area (Å²) in [5, 5.41) is 0.923. The lowest BCUT2D eigenvalue weighted by Crippen LogP contribution is -2.29. The van der Waals surface area contributed by atoms with Gasteiger partial charge in [0, 0.05) is 17.8 Å². The van der Waals surface area contributed by atoms with E-state index in [1.807, 2.05) is 24.3 Å². The predicted molar refractivity (Wildman–Crippen MR) is 96.0 cm³/mol. The Morgan fingerprint density at radius 3 is 2.57 bits per heavy atom. The van der Waals surface area contributed by atoms with Crippen LogP contribution in [0.1, 0.15) is 12.5 Å². The maximum Gasteiger partial charge on any atom is 0.299 e. The minimum absolute atomic E-state index is 0.346. The second-order valence-electron chi connectivity index (χ2n) is 5.17. The van der Waals surface area contributed by atoms with Crippen LogP contribution in [0.5, 0.6) is 0 Å². The second-order valence-corrected chi connectivity index (χ2v) is 7.70. The van der Waals surface area contributed by atoms with Gasteiger partial charge < -0.3 is 0 Å². The van der Waals surface area contributed by atoms with Crippen molar-refractivity contribution in [3.8, 4) is 10.6 Å². The van der Waals surface area contributed by atoms with Gasteiger partial charge in [-0.25, -0.2) is 4.98 Å². The molecule has 0 radical (unpaired) electrons. The number of aryl methyl sites for hydroxylation is 1. The highest BCUT2D eigenvalue weighted by molar-refractivity contribution is 7.90. The van der Waals surface area contributed by atoms with Crippen molar-refractivity contribution in [2.45, 2.75) is 13.8 Å². The number of fused-ring (bicyclic) bond motifs is 1. The third-order valence-corrected chi connectivity index (χ3v) is 5.50. The first-order valence-electron chi connectivity index (χ1n) is 7.22. The number of hydrogen-bond acceptors (Lipinski definition) is 4. The molecule has 0 spiro atoms. The largest absolute Gasteiger partial charge is 0.299 e. The quantitative estimate of drug-likeness (QED) is 0.741. The van der Waals surface area contributed by atoms with Crippen LogP contribution < -0.4 is 9.44 Å². The molecule has 2 N–H and O–H groups in total. The van der Waals surface area contributed by atoms with Crippen molar-refractivity contribution in [3.63, 3.8) is 0 Å². The first kappa shape index (κ1) is 15.9. The van der Waals surface area contributed by atoms with E-state index in [9.17, 15) is 8.42 Å². The van der Waals surface area contributed by atoms with E-state index in [1.165, 1.54) is 5.56 Å². The number of thiazole rings is 1.